The highest BCUT2D eigenvalue weighted by Crippen LogP contribution is 2.31. The Hall–Kier alpha value is -3.48. The number of carbonyl (C=O) groups excluding carboxylic acids is 2. The van der Waals surface area contributed by atoms with Crippen molar-refractivity contribution in [3.63, 3.8) is 0 Å². The van der Waals surface area contributed by atoms with Crippen LogP contribution in [0, 0.1) is 6.92 Å². The summed E-state index contributed by atoms with van der Waals surface area (Å²) in [7, 11) is 6.21. The Morgan fingerprint density at radius 3 is 2.25 bits per heavy atom. The zero-order valence-corrected chi connectivity index (χ0v) is 16.4. The molecule has 28 heavy (non-hydrogen) atoms. The third kappa shape index (κ3) is 3.26. The molecule has 1 aromatic heterocycles. The number of benzene rings is 2. The van der Waals surface area contributed by atoms with Crippen molar-refractivity contribution < 1.29 is 28.5 Å². The minimum Gasteiger partial charge on any atom is -0.493 e. The van der Waals surface area contributed by atoms with Crippen LogP contribution in [0.3, 0.4) is 0 Å². The first kappa shape index (κ1) is 19.3. The molecule has 0 spiro atoms. The van der Waals surface area contributed by atoms with Gasteiger partial charge in [-0.1, -0.05) is 0 Å². The Bertz CT molecular complexity index is 1070. The van der Waals surface area contributed by atoms with E-state index >= 15 is 0 Å². The number of rotatable bonds is 5. The van der Waals surface area contributed by atoms with E-state index in [0.717, 1.165) is 11.2 Å². The lowest BCUT2D eigenvalue weighted by Gasteiger charge is -2.10. The Labute approximate surface area is 162 Å². The summed E-state index contributed by atoms with van der Waals surface area (Å²) in [5.74, 6) is 0.282. The van der Waals surface area contributed by atoms with Crippen LogP contribution in [0.25, 0.3) is 10.9 Å². The van der Waals surface area contributed by atoms with Crippen molar-refractivity contribution in [2.45, 2.75) is 6.92 Å². The van der Waals surface area contributed by atoms with E-state index in [-0.39, 0.29) is 0 Å². The quantitative estimate of drug-likeness (QED) is 0.496. The smallest absolute Gasteiger partial charge is 0.343 e. The summed E-state index contributed by atoms with van der Waals surface area (Å²) >= 11 is 0. The monoisotopic (exact) mass is 383 g/mol. The number of esters is 2. The zero-order valence-electron chi connectivity index (χ0n) is 16.4. The average Bonchev–Trinajstić information content (AvgIpc) is 2.96. The van der Waals surface area contributed by atoms with Gasteiger partial charge in [-0.05, 0) is 43.3 Å². The van der Waals surface area contributed by atoms with Crippen LogP contribution in [0.4, 0.5) is 0 Å². The lowest BCUT2D eigenvalue weighted by Crippen LogP contribution is -2.09. The number of methoxy groups -OCH3 is 3. The summed E-state index contributed by atoms with van der Waals surface area (Å²) in [6, 6.07) is 9.91. The largest absolute Gasteiger partial charge is 0.493 e. The van der Waals surface area contributed by atoms with Gasteiger partial charge in [0.15, 0.2) is 11.5 Å². The van der Waals surface area contributed by atoms with E-state index in [4.69, 9.17) is 18.9 Å². The van der Waals surface area contributed by atoms with E-state index in [1.165, 1.54) is 21.3 Å². The van der Waals surface area contributed by atoms with Gasteiger partial charge >= 0.3 is 11.9 Å². The van der Waals surface area contributed by atoms with Crippen molar-refractivity contribution >= 4 is 22.8 Å². The molecule has 0 aliphatic heterocycles. The van der Waals surface area contributed by atoms with Crippen LogP contribution in [0.2, 0.25) is 0 Å². The maximum atomic E-state index is 12.5. The fourth-order valence-corrected chi connectivity index (χ4v) is 3.10. The van der Waals surface area contributed by atoms with Gasteiger partial charge in [0.2, 0.25) is 0 Å². The number of aryl methyl sites for hydroxylation is 1. The first-order valence-corrected chi connectivity index (χ1v) is 8.52. The van der Waals surface area contributed by atoms with E-state index in [1.807, 2.05) is 18.5 Å². The first-order chi connectivity index (χ1) is 13.4. The predicted molar refractivity (Wildman–Crippen MR) is 104 cm³/mol. The second-order valence-electron chi connectivity index (χ2n) is 6.15. The molecule has 146 valence electrons. The minimum atomic E-state index is -0.549. The second kappa shape index (κ2) is 7.64. The van der Waals surface area contributed by atoms with Crippen molar-refractivity contribution in [1.29, 1.82) is 0 Å². The molecule has 0 atom stereocenters. The highest BCUT2D eigenvalue weighted by atomic mass is 16.5. The zero-order chi connectivity index (χ0) is 20.4. The molecule has 0 N–H and O–H groups in total. The van der Waals surface area contributed by atoms with Gasteiger partial charge in [-0.15, -0.1) is 0 Å². The number of hydrogen-bond acceptors (Lipinski definition) is 6. The number of hydrogen-bond donors (Lipinski definition) is 0. The molecule has 0 radical (unpaired) electrons. The van der Waals surface area contributed by atoms with Gasteiger partial charge in [-0.3, -0.25) is 0 Å². The number of fused-ring (bicyclic) bond motifs is 1. The molecule has 7 heteroatoms. The van der Waals surface area contributed by atoms with Gasteiger partial charge in [-0.25, -0.2) is 9.59 Å². The van der Waals surface area contributed by atoms with Gasteiger partial charge in [-0.2, -0.15) is 0 Å². The summed E-state index contributed by atoms with van der Waals surface area (Å²) in [6.45, 7) is 1.83. The van der Waals surface area contributed by atoms with Crippen LogP contribution in [0.1, 0.15) is 26.4 Å². The third-order valence-corrected chi connectivity index (χ3v) is 4.68. The molecule has 0 saturated carbocycles. The fraction of sp³-hybridized carbons (Fsp3) is 0.238. The lowest BCUT2D eigenvalue weighted by molar-refractivity contribution is 0.0601. The van der Waals surface area contributed by atoms with Gasteiger partial charge in [0.25, 0.3) is 0 Å². The summed E-state index contributed by atoms with van der Waals surface area (Å²) < 4.78 is 22.7. The maximum Gasteiger partial charge on any atom is 0.343 e. The standard InChI is InChI=1S/C21H21NO6/c1-12-19(21(24)27-5)15-11-14(7-8-16(15)22(12)2)28-20(23)13-6-9-17(25-3)18(10-13)26-4/h6-11H,1-5H3. The topological polar surface area (TPSA) is 76.0 Å². The van der Waals surface area contributed by atoms with E-state index in [1.54, 1.807) is 36.4 Å². The highest BCUT2D eigenvalue weighted by molar-refractivity contribution is 6.06. The Balaban J connectivity index is 1.96. The molecular weight excluding hydrogens is 362 g/mol. The SMILES string of the molecule is COC(=O)c1c(C)n(C)c2ccc(OC(=O)c3ccc(OC)c(OC)c3)cc12. The van der Waals surface area contributed by atoms with Gasteiger partial charge < -0.3 is 23.5 Å². The number of carbonyl (C=O) groups is 2. The number of ether oxygens (including phenoxy) is 4. The summed E-state index contributed by atoms with van der Waals surface area (Å²) in [5.41, 5.74) is 2.37. The molecule has 0 aliphatic rings. The van der Waals surface area contributed by atoms with Gasteiger partial charge in [0.1, 0.15) is 5.75 Å². The molecule has 7 nitrogen and oxygen atoms in total. The molecular formula is C21H21NO6. The second-order valence-corrected chi connectivity index (χ2v) is 6.15. The normalized spacial score (nSPS) is 10.6. The lowest BCUT2D eigenvalue weighted by atomic mass is 10.1. The van der Waals surface area contributed by atoms with Crippen LogP contribution in [-0.4, -0.2) is 37.8 Å². The van der Waals surface area contributed by atoms with Gasteiger partial charge in [0, 0.05) is 23.6 Å². The Morgan fingerprint density at radius 1 is 0.893 bits per heavy atom. The van der Waals surface area contributed by atoms with Crippen LogP contribution in [-0.2, 0) is 11.8 Å². The maximum absolute atomic E-state index is 12.5. The van der Waals surface area contributed by atoms with Crippen molar-refractivity contribution in [3.8, 4) is 17.2 Å². The summed E-state index contributed by atoms with van der Waals surface area (Å²) in [5, 5.41) is 0.657. The molecule has 0 aliphatic carbocycles. The minimum absolute atomic E-state index is 0.315. The van der Waals surface area contributed by atoms with Crippen molar-refractivity contribution in [1.82, 2.24) is 4.57 Å². The van der Waals surface area contributed by atoms with Crippen LogP contribution in [0.5, 0.6) is 17.2 Å². The summed E-state index contributed by atoms with van der Waals surface area (Å²) in [4.78, 5) is 24.7. The van der Waals surface area contributed by atoms with Crippen LogP contribution in [0.15, 0.2) is 36.4 Å². The molecule has 0 unspecified atom stereocenters. The van der Waals surface area contributed by atoms with E-state index in [9.17, 15) is 9.59 Å². The predicted octanol–water partition coefficient (Wildman–Crippen LogP) is 3.51. The van der Waals surface area contributed by atoms with Crippen molar-refractivity contribution in [2.24, 2.45) is 7.05 Å². The van der Waals surface area contributed by atoms with Crippen molar-refractivity contribution in [3.05, 3.63) is 53.2 Å². The molecule has 0 fully saturated rings. The molecule has 3 rings (SSSR count). The number of nitrogens with zero attached hydrogens (tertiary/aromatic N) is 1. The van der Waals surface area contributed by atoms with Crippen LogP contribution >= 0.6 is 0 Å². The molecule has 3 aromatic rings. The molecule has 0 bridgehead atoms. The third-order valence-electron chi connectivity index (χ3n) is 4.68. The van der Waals surface area contributed by atoms with Crippen LogP contribution < -0.4 is 14.2 Å². The van der Waals surface area contributed by atoms with E-state index < -0.39 is 11.9 Å². The fourth-order valence-electron chi connectivity index (χ4n) is 3.10. The molecule has 0 saturated heterocycles. The average molecular weight is 383 g/mol. The number of aromatic nitrogens is 1. The molecule has 1 heterocycles. The summed E-state index contributed by atoms with van der Waals surface area (Å²) in [6.07, 6.45) is 0. The van der Waals surface area contributed by atoms with E-state index in [2.05, 4.69) is 0 Å². The molecule has 2 aromatic carbocycles. The Kier molecular flexibility index (Phi) is 5.26. The van der Waals surface area contributed by atoms with Crippen molar-refractivity contribution in [2.75, 3.05) is 21.3 Å². The van der Waals surface area contributed by atoms with E-state index in [0.29, 0.717) is 33.8 Å². The molecule has 0 amide bonds. The highest BCUT2D eigenvalue weighted by Gasteiger charge is 2.20. The van der Waals surface area contributed by atoms with Gasteiger partial charge in [0.05, 0.1) is 32.5 Å². The Morgan fingerprint density at radius 2 is 1.61 bits per heavy atom. The first-order valence-electron chi connectivity index (χ1n) is 8.52.